The van der Waals surface area contributed by atoms with Crippen molar-refractivity contribution in [1.82, 2.24) is 9.97 Å². The largest absolute Gasteiger partial charge is 0.494 e. The van der Waals surface area contributed by atoms with E-state index < -0.39 is 11.9 Å². The molecule has 0 spiro atoms. The molecule has 1 N–H and O–H groups in total. The molecule has 1 heterocycles. The molecule has 1 unspecified atom stereocenters. The van der Waals surface area contributed by atoms with Gasteiger partial charge in [0.05, 0.1) is 38.1 Å². The normalized spacial score (nSPS) is 11.9. The van der Waals surface area contributed by atoms with Gasteiger partial charge in [-0.2, -0.15) is 5.26 Å². The number of nitrogens with zero attached hydrogens (tertiary/aromatic N) is 2. The van der Waals surface area contributed by atoms with Gasteiger partial charge in [-0.1, -0.05) is 6.07 Å². The number of methoxy groups -OCH3 is 3. The van der Waals surface area contributed by atoms with Crippen LogP contribution in [-0.4, -0.2) is 37.3 Å². The summed E-state index contributed by atoms with van der Waals surface area (Å²) in [6, 6.07) is 5.48. The molecule has 1 atom stereocenters. The number of benzene rings is 1. The topological polar surface area (TPSA) is 97.2 Å². The van der Waals surface area contributed by atoms with E-state index in [0.717, 1.165) is 0 Å². The van der Waals surface area contributed by atoms with E-state index in [1.165, 1.54) is 7.11 Å². The van der Waals surface area contributed by atoms with E-state index in [1.54, 1.807) is 26.4 Å². The Morgan fingerprint density at radius 3 is 2.77 bits per heavy atom. The second-order valence-corrected chi connectivity index (χ2v) is 4.64. The molecule has 0 amide bonds. The number of H-pyrrole nitrogens is 1. The number of hydrogen-bond acceptors (Lipinski definition) is 6. The lowest BCUT2D eigenvalue weighted by atomic mass is 9.95. The Hall–Kier alpha value is -2.59. The summed E-state index contributed by atoms with van der Waals surface area (Å²) < 4.78 is 15.2. The fourth-order valence-electron chi connectivity index (χ4n) is 2.35. The van der Waals surface area contributed by atoms with Crippen molar-refractivity contribution in [3.05, 3.63) is 23.5 Å². The van der Waals surface area contributed by atoms with Crippen LogP contribution in [-0.2, 0) is 20.9 Å². The minimum atomic E-state index is -0.692. The van der Waals surface area contributed by atoms with Gasteiger partial charge >= 0.3 is 5.97 Å². The molecule has 0 aliphatic rings. The zero-order chi connectivity index (χ0) is 16.1. The van der Waals surface area contributed by atoms with Crippen LogP contribution in [0.5, 0.6) is 5.75 Å². The van der Waals surface area contributed by atoms with Crippen LogP contribution in [0.15, 0.2) is 12.1 Å². The average Bonchev–Trinajstić information content (AvgIpc) is 2.95. The number of carbonyl (C=O) groups excluding carboxylic acids is 1. The van der Waals surface area contributed by atoms with E-state index in [-0.39, 0.29) is 6.42 Å². The van der Waals surface area contributed by atoms with Gasteiger partial charge in [0.15, 0.2) is 0 Å². The minimum Gasteiger partial charge on any atom is -0.494 e. The molecule has 7 nitrogen and oxygen atoms in total. The first kappa shape index (κ1) is 15.8. The Labute approximate surface area is 127 Å². The highest BCUT2D eigenvalue weighted by Gasteiger charge is 2.26. The molecule has 7 heteroatoms. The van der Waals surface area contributed by atoms with E-state index in [2.05, 4.69) is 9.97 Å². The highest BCUT2D eigenvalue weighted by molar-refractivity contribution is 5.90. The maximum Gasteiger partial charge on any atom is 0.314 e. The summed E-state index contributed by atoms with van der Waals surface area (Å²) in [5, 5.41) is 8.97. The van der Waals surface area contributed by atoms with Crippen molar-refractivity contribution in [2.24, 2.45) is 0 Å². The maximum atomic E-state index is 12.0. The number of carbonyl (C=O) groups is 1. The number of aromatic amines is 1. The zero-order valence-corrected chi connectivity index (χ0v) is 12.7. The van der Waals surface area contributed by atoms with Crippen LogP contribution in [0, 0.1) is 11.3 Å². The van der Waals surface area contributed by atoms with Crippen LogP contribution in [0.2, 0.25) is 0 Å². The third-order valence-corrected chi connectivity index (χ3v) is 3.34. The lowest BCUT2D eigenvalue weighted by Gasteiger charge is -2.13. The molecule has 0 aliphatic carbocycles. The van der Waals surface area contributed by atoms with Crippen molar-refractivity contribution in [2.75, 3.05) is 21.3 Å². The molecule has 1 aromatic heterocycles. The SMILES string of the molecule is COCc1nc2c(C(CC#N)C(=O)OC)ccc(OC)c2[nH]1. The number of rotatable bonds is 6. The average molecular weight is 303 g/mol. The fourth-order valence-corrected chi connectivity index (χ4v) is 2.35. The van der Waals surface area contributed by atoms with E-state index in [1.807, 2.05) is 6.07 Å². The molecule has 0 saturated heterocycles. The summed E-state index contributed by atoms with van der Waals surface area (Å²) in [4.78, 5) is 19.5. The lowest BCUT2D eigenvalue weighted by Crippen LogP contribution is -2.14. The van der Waals surface area contributed by atoms with Crippen molar-refractivity contribution in [2.45, 2.75) is 18.9 Å². The number of nitriles is 1. The zero-order valence-electron chi connectivity index (χ0n) is 12.7. The molecule has 0 fully saturated rings. The Balaban J connectivity index is 2.62. The number of ether oxygens (including phenoxy) is 3. The summed E-state index contributed by atoms with van der Waals surface area (Å²) in [6.07, 6.45) is 0.0145. The van der Waals surface area contributed by atoms with Crippen molar-refractivity contribution >= 4 is 17.0 Å². The van der Waals surface area contributed by atoms with Gasteiger partial charge in [0.2, 0.25) is 0 Å². The van der Waals surface area contributed by atoms with Gasteiger partial charge in [-0.3, -0.25) is 4.79 Å². The van der Waals surface area contributed by atoms with Crippen LogP contribution >= 0.6 is 0 Å². The standard InChI is InChI=1S/C15H17N3O4/c1-20-8-12-17-13-9(10(6-7-16)15(19)22-3)4-5-11(21-2)14(13)18-12/h4-5,10H,6,8H2,1-3H3,(H,17,18). The summed E-state index contributed by atoms with van der Waals surface area (Å²) in [5.74, 6) is 0.0596. The molecular formula is C15H17N3O4. The van der Waals surface area contributed by atoms with Gasteiger partial charge < -0.3 is 19.2 Å². The molecule has 2 rings (SSSR count). The van der Waals surface area contributed by atoms with Crippen molar-refractivity contribution in [3.63, 3.8) is 0 Å². The Morgan fingerprint density at radius 2 is 2.18 bits per heavy atom. The second kappa shape index (κ2) is 6.91. The van der Waals surface area contributed by atoms with Crippen LogP contribution in [0.1, 0.15) is 23.7 Å². The second-order valence-electron chi connectivity index (χ2n) is 4.64. The van der Waals surface area contributed by atoms with Gasteiger partial charge in [0, 0.05) is 7.11 Å². The Morgan fingerprint density at radius 1 is 1.41 bits per heavy atom. The van der Waals surface area contributed by atoms with E-state index in [4.69, 9.17) is 19.5 Å². The number of fused-ring (bicyclic) bond motifs is 1. The molecule has 0 aliphatic heterocycles. The predicted molar refractivity (Wildman–Crippen MR) is 78.3 cm³/mol. The molecule has 2 aromatic rings. The number of hydrogen-bond donors (Lipinski definition) is 1. The number of aromatic nitrogens is 2. The van der Waals surface area contributed by atoms with E-state index in [0.29, 0.717) is 34.8 Å². The molecule has 0 bridgehead atoms. The van der Waals surface area contributed by atoms with Gasteiger partial charge in [0.25, 0.3) is 0 Å². The first-order valence-electron chi connectivity index (χ1n) is 6.65. The summed E-state index contributed by atoms with van der Waals surface area (Å²) in [7, 11) is 4.42. The number of nitrogens with one attached hydrogen (secondary N) is 1. The smallest absolute Gasteiger partial charge is 0.314 e. The van der Waals surface area contributed by atoms with Crippen molar-refractivity contribution < 1.29 is 19.0 Å². The summed E-state index contributed by atoms with van der Waals surface area (Å²) in [5.41, 5.74) is 1.87. The molecule has 0 saturated carbocycles. The van der Waals surface area contributed by atoms with Crippen LogP contribution in [0.3, 0.4) is 0 Å². The first-order chi connectivity index (χ1) is 10.7. The van der Waals surface area contributed by atoms with Crippen molar-refractivity contribution in [3.8, 4) is 11.8 Å². The third-order valence-electron chi connectivity index (χ3n) is 3.34. The van der Waals surface area contributed by atoms with Gasteiger partial charge in [-0.05, 0) is 11.6 Å². The molecule has 0 radical (unpaired) electrons. The van der Waals surface area contributed by atoms with Gasteiger partial charge in [-0.25, -0.2) is 4.98 Å². The fraction of sp³-hybridized carbons (Fsp3) is 0.400. The molecule has 1 aromatic carbocycles. The van der Waals surface area contributed by atoms with Gasteiger partial charge in [-0.15, -0.1) is 0 Å². The quantitative estimate of drug-likeness (QED) is 0.818. The number of esters is 1. The van der Waals surface area contributed by atoms with Gasteiger partial charge in [0.1, 0.15) is 23.7 Å². The highest BCUT2D eigenvalue weighted by atomic mass is 16.5. The van der Waals surface area contributed by atoms with Crippen LogP contribution < -0.4 is 4.74 Å². The summed E-state index contributed by atoms with van der Waals surface area (Å²) >= 11 is 0. The highest BCUT2D eigenvalue weighted by Crippen LogP contribution is 2.33. The Bertz CT molecular complexity index is 717. The monoisotopic (exact) mass is 303 g/mol. The van der Waals surface area contributed by atoms with Crippen molar-refractivity contribution in [1.29, 1.82) is 5.26 Å². The van der Waals surface area contributed by atoms with Crippen LogP contribution in [0.4, 0.5) is 0 Å². The lowest BCUT2D eigenvalue weighted by molar-refractivity contribution is -0.142. The van der Waals surface area contributed by atoms with E-state index >= 15 is 0 Å². The third kappa shape index (κ3) is 2.87. The minimum absolute atomic E-state index is 0.0145. The summed E-state index contributed by atoms with van der Waals surface area (Å²) in [6.45, 7) is 0.304. The Kier molecular flexibility index (Phi) is 4.96. The first-order valence-corrected chi connectivity index (χ1v) is 6.65. The maximum absolute atomic E-state index is 12.0. The van der Waals surface area contributed by atoms with E-state index in [9.17, 15) is 4.79 Å². The number of imidazole rings is 1. The molecule has 116 valence electrons. The predicted octanol–water partition coefficient (Wildman–Crippen LogP) is 1.89. The molecular weight excluding hydrogens is 286 g/mol. The van der Waals surface area contributed by atoms with Crippen LogP contribution in [0.25, 0.3) is 11.0 Å². The molecule has 22 heavy (non-hydrogen) atoms.